The molecular formula is C85H148N22O27S3. The molecule has 0 aromatic heterocycles. The molecule has 0 aliphatic rings. The molecular weight excluding hydrogens is 1860 g/mol. The van der Waals surface area contributed by atoms with Gasteiger partial charge in [-0.25, -0.2) is 0 Å². The zero-order chi connectivity index (χ0) is 102. The van der Waals surface area contributed by atoms with Crippen molar-refractivity contribution in [3.8, 4) is 0 Å². The maximum atomic E-state index is 14.0. The van der Waals surface area contributed by atoms with E-state index in [-0.39, 0.29) is 213 Å². The first-order valence-corrected chi connectivity index (χ1v) is 47.8. The summed E-state index contributed by atoms with van der Waals surface area (Å²) in [4.78, 5) is 207. The van der Waals surface area contributed by atoms with Gasteiger partial charge in [-0.1, -0.05) is 40.6 Å². The summed E-state index contributed by atoms with van der Waals surface area (Å²) in [6.07, 6.45) is 3.78. The van der Waals surface area contributed by atoms with Crippen LogP contribution in [0.4, 0.5) is 0 Å². The van der Waals surface area contributed by atoms with E-state index in [4.69, 9.17) is 54.8 Å². The number of carbonyl (C=O) groups is 16. The number of guanidine groups is 1. The number of rotatable bonds is 82. The number of oxime groups is 2. The number of benzene rings is 1. The molecule has 778 valence electrons. The van der Waals surface area contributed by atoms with Crippen LogP contribution in [0.25, 0.3) is 0 Å². The van der Waals surface area contributed by atoms with Gasteiger partial charge in [0.2, 0.25) is 88.6 Å². The van der Waals surface area contributed by atoms with Gasteiger partial charge in [0.15, 0.2) is 5.96 Å². The number of nitrogens with one attached hydrogen (secondary N) is 18. The van der Waals surface area contributed by atoms with Crippen LogP contribution >= 0.6 is 37.0 Å². The Morgan fingerprint density at radius 2 is 0.803 bits per heavy atom. The number of carbonyl (C=O) groups excluding carboxylic acids is 15. The summed E-state index contributed by atoms with van der Waals surface area (Å²) >= 11 is 9.71. The van der Waals surface area contributed by atoms with Gasteiger partial charge in [-0.15, -0.1) is 0 Å². The maximum Gasteiger partial charge on any atom is 0.305 e. The Kier molecular flexibility index (Phi) is 68.8. The molecule has 0 fully saturated rings. The number of hydrogen-bond donors (Lipinski definition) is 25. The molecule has 0 aliphatic carbocycles. The van der Waals surface area contributed by atoms with Crippen LogP contribution in [0, 0.1) is 11.3 Å². The van der Waals surface area contributed by atoms with Gasteiger partial charge in [-0.3, -0.25) is 82.1 Å². The minimum Gasteiger partial charge on any atom is -0.481 e. The Balaban J connectivity index is 2.75. The molecule has 0 heterocycles. The lowest BCUT2D eigenvalue weighted by Gasteiger charge is -2.28. The molecule has 15 amide bonds. The van der Waals surface area contributed by atoms with Gasteiger partial charge in [0.05, 0.1) is 121 Å². The number of carboxylic acid groups (broad SMARTS) is 1. The number of unbranched alkanes of at least 4 members (excludes halogenated alkanes) is 1. The summed E-state index contributed by atoms with van der Waals surface area (Å²) in [6.45, 7) is 15.3. The van der Waals surface area contributed by atoms with E-state index in [1.54, 1.807) is 50.4 Å². The van der Waals surface area contributed by atoms with E-state index in [1.807, 2.05) is 27.7 Å². The Morgan fingerprint density at radius 3 is 1.26 bits per heavy atom. The fourth-order valence-corrected chi connectivity index (χ4v) is 12.9. The third kappa shape index (κ3) is 62.9. The predicted molar refractivity (Wildman–Crippen MR) is 513 cm³/mol. The van der Waals surface area contributed by atoms with Crippen LogP contribution in [0.3, 0.4) is 0 Å². The van der Waals surface area contributed by atoms with E-state index in [9.17, 15) is 92.2 Å². The highest BCUT2D eigenvalue weighted by Gasteiger charge is 2.35. The molecule has 1 aromatic rings. The zero-order valence-electron chi connectivity index (χ0n) is 79.7. The quantitative estimate of drug-likeness (QED) is 0.00723. The van der Waals surface area contributed by atoms with Crippen LogP contribution in [0.1, 0.15) is 131 Å². The van der Waals surface area contributed by atoms with Crippen molar-refractivity contribution in [1.29, 1.82) is 5.41 Å². The number of carboxylic acids is 1. The Bertz CT molecular complexity index is 3850. The Labute approximate surface area is 814 Å². The molecule has 0 bridgehead atoms. The monoisotopic (exact) mass is 2010 g/mol. The average molecular weight is 2010 g/mol. The summed E-state index contributed by atoms with van der Waals surface area (Å²) in [7, 11) is 0. The molecule has 0 aliphatic heterocycles. The Morgan fingerprint density at radius 1 is 0.409 bits per heavy atom. The highest BCUT2D eigenvalue weighted by molar-refractivity contribution is 7.99. The molecule has 52 heteroatoms. The lowest BCUT2D eigenvalue weighted by atomic mass is 9.94. The SMILES string of the molecule is CSCC(=O)N[C@@H](CCCCNC(=O)CCCC(=O)NCCC(CCNC(C)(C)/C(C)=N\O)CCNC(C)(C)/C(C)=N\O)C(=O)N[C@@H](CS)C(=O)N[C@@H](CCCNC(=N)N)C(=O)NCC(=O)N[C@@H](CC(=O)O)C(=O)N[C@@H](CS)C(=O)N[C@@H](Cc1ccccc1)C(=O)N[C@@H](C)C(=O)NCCOCCOCCOCCNC(=O)COCC(=O)NCCOCCOCCOCCNC(=O)COCC(N)=O. The average Bonchev–Trinajstić information content (AvgIpc) is 0.873. The van der Waals surface area contributed by atoms with Gasteiger partial charge < -0.3 is 155 Å². The third-order valence-corrected chi connectivity index (χ3v) is 21.5. The molecule has 1 rings (SSSR count). The van der Waals surface area contributed by atoms with Crippen molar-refractivity contribution in [2.24, 2.45) is 27.7 Å². The summed E-state index contributed by atoms with van der Waals surface area (Å²) < 4.78 is 42.6. The van der Waals surface area contributed by atoms with E-state index >= 15 is 0 Å². The molecule has 0 radical (unpaired) electrons. The minimum absolute atomic E-state index is 0.0148. The van der Waals surface area contributed by atoms with Crippen molar-refractivity contribution in [2.75, 3.05) is 195 Å². The number of nitrogens with zero attached hydrogens (tertiary/aromatic N) is 2. The second-order valence-corrected chi connectivity index (χ2v) is 33.8. The molecule has 0 unspecified atom stereocenters. The van der Waals surface area contributed by atoms with E-state index in [0.717, 1.165) is 12.8 Å². The van der Waals surface area contributed by atoms with Gasteiger partial charge in [0.1, 0.15) is 68.7 Å². The van der Waals surface area contributed by atoms with E-state index < -0.39 is 161 Å². The zero-order valence-corrected chi connectivity index (χ0v) is 82.3. The van der Waals surface area contributed by atoms with E-state index in [1.165, 1.54) is 18.7 Å². The van der Waals surface area contributed by atoms with E-state index in [0.29, 0.717) is 62.5 Å². The van der Waals surface area contributed by atoms with Crippen molar-refractivity contribution < 1.29 is 130 Å². The van der Waals surface area contributed by atoms with Crippen LogP contribution in [0.5, 0.6) is 0 Å². The number of aliphatic carboxylic acids is 1. The molecule has 137 heavy (non-hydrogen) atoms. The molecule has 0 saturated heterocycles. The second-order valence-electron chi connectivity index (χ2n) is 32.2. The summed E-state index contributed by atoms with van der Waals surface area (Å²) in [5.74, 6) is -13.0. The van der Waals surface area contributed by atoms with Crippen LogP contribution in [-0.2, 0) is 121 Å². The van der Waals surface area contributed by atoms with Crippen LogP contribution in [0.2, 0.25) is 0 Å². The number of thiol groups is 2. The first-order valence-electron chi connectivity index (χ1n) is 45.1. The molecule has 0 saturated carbocycles. The topological polar surface area (TPSA) is 713 Å². The van der Waals surface area contributed by atoms with Gasteiger partial charge in [-0.05, 0) is 137 Å². The van der Waals surface area contributed by atoms with Crippen molar-refractivity contribution in [1.82, 2.24) is 90.4 Å². The first kappa shape index (κ1) is 125. The Hall–Kier alpha value is -10.4. The highest BCUT2D eigenvalue weighted by atomic mass is 32.2. The van der Waals surface area contributed by atoms with E-state index in [2.05, 4.69) is 126 Å². The lowest BCUT2D eigenvalue weighted by Crippen LogP contribution is -2.59. The number of hydrogen-bond acceptors (Lipinski definition) is 34. The van der Waals surface area contributed by atoms with Crippen LogP contribution in [-0.4, -0.2) is 376 Å². The van der Waals surface area contributed by atoms with Gasteiger partial charge >= 0.3 is 5.97 Å². The summed E-state index contributed by atoms with van der Waals surface area (Å²) in [5.41, 5.74) is 10.9. The van der Waals surface area contributed by atoms with Gasteiger partial charge in [-0.2, -0.15) is 37.0 Å². The fourth-order valence-electron chi connectivity index (χ4n) is 12.0. The van der Waals surface area contributed by atoms with Crippen molar-refractivity contribution in [3.05, 3.63) is 35.9 Å². The molecule has 0 spiro atoms. The van der Waals surface area contributed by atoms with Gasteiger partial charge in [0.25, 0.3) is 0 Å². The molecule has 1 aromatic carbocycles. The van der Waals surface area contributed by atoms with Crippen LogP contribution in [0.15, 0.2) is 40.6 Å². The van der Waals surface area contributed by atoms with Crippen LogP contribution < -0.4 is 102 Å². The van der Waals surface area contributed by atoms with Gasteiger partial charge in [0, 0.05) is 76.6 Å². The smallest absolute Gasteiger partial charge is 0.305 e. The van der Waals surface area contributed by atoms with Crippen molar-refractivity contribution in [2.45, 2.75) is 185 Å². The predicted octanol–water partition coefficient (Wildman–Crippen LogP) is -5.40. The molecule has 49 nitrogen and oxygen atoms in total. The number of primary amides is 1. The summed E-state index contributed by atoms with van der Waals surface area (Å²) in [5, 5.41) is 88.1. The standard InChI is InChI=1S/C85H148N22O27S3/c1-56(76(118)94-33-37-130-41-45-132-44-40-129-36-32-93-73(114)52-134-51-72(113)92-31-35-128-39-43-131-42-38-127-34-30-91-71(112)50-133-49-67(86)108)99-79(121)63(46-60-16-10-9-11-17-60)103-82(124)66(54-136)105-80(122)64(47-75(116)117)101-70(111)48-96-77(119)61(19-15-26-95-83(87)88)102-81(123)65(53-135)104-78(120)62(100-74(115)55-137-8)18-12-13-25-89-68(109)20-14-21-69(110)90-27-22-59(23-28-97-84(4,5)57(2)106-125)24-29-98-85(6,7)58(3)107-126/h9-11,16-17,56,59,61-66,97-98,125-126,135-136H,12-15,18-55H2,1-8H3,(H2,86,108)(H,89,109)(H,90,110)(H,91,112)(H,92,113)(H,93,114)(H,94,118)(H,96,119)(H,99,121)(H,100,115)(H,101,111)(H,102,123)(H,103,124)(H,104,120)(H,105,122)(H,116,117)(H4,87,88,95)/b106-57-,107-58-/t56-,61-,62-,63-,64-,65-,66-/m0/s1. The third-order valence-electron chi connectivity index (χ3n) is 20.3. The normalized spacial score (nSPS) is 13.1. The second kappa shape index (κ2) is 75.6. The minimum atomic E-state index is -1.89. The number of nitrogens with two attached hydrogens (primary N) is 2. The number of amides is 15. The summed E-state index contributed by atoms with van der Waals surface area (Å²) in [6, 6.07) is -1.62. The molecule has 25 N–H and O–H groups in total. The van der Waals surface area contributed by atoms with Crippen molar-refractivity contribution in [3.63, 3.8) is 0 Å². The first-order chi connectivity index (χ1) is 65.3. The molecule has 7 atom stereocenters. The maximum absolute atomic E-state index is 14.0. The lowest BCUT2D eigenvalue weighted by molar-refractivity contribution is -0.141. The largest absolute Gasteiger partial charge is 0.481 e. The van der Waals surface area contributed by atoms with Crippen molar-refractivity contribution >= 4 is 149 Å². The number of thioether (sulfide) groups is 1. The number of ether oxygens (including phenoxy) is 8. The fraction of sp³-hybridized carbons (Fsp3) is 0.706. The highest BCUT2D eigenvalue weighted by Crippen LogP contribution is 2.17.